The number of anilines is 1. The Morgan fingerprint density at radius 3 is 2.76 bits per heavy atom. The lowest BCUT2D eigenvalue weighted by Crippen LogP contribution is -2.31. The standard InChI is InChI=1S/C26H27N5O4S2/c1-16-9-10-18(37(34,35)31(2)3)12-21(16)29-23(33)15-36-26-19(13-27)24(17-6-5-11-28-14-17)25-20(30-26)7-4-8-22(25)32/h5-6,9-12,14,24,30H,4,7-8,15H2,1-3H3,(H,29,33)/t24-/m1/s1. The Hall–Kier alpha value is -3.46. The number of aryl methyl sites for hydroxylation is 1. The highest BCUT2D eigenvalue weighted by molar-refractivity contribution is 8.03. The van der Waals surface area contributed by atoms with Crippen LogP contribution in [0.15, 0.2) is 69.5 Å². The van der Waals surface area contributed by atoms with E-state index in [-0.39, 0.29) is 22.3 Å². The summed E-state index contributed by atoms with van der Waals surface area (Å²) in [5, 5.41) is 16.7. The quantitative estimate of drug-likeness (QED) is 0.549. The summed E-state index contributed by atoms with van der Waals surface area (Å²) in [7, 11) is -0.763. The van der Waals surface area contributed by atoms with Crippen LogP contribution in [0.2, 0.25) is 0 Å². The highest BCUT2D eigenvalue weighted by Crippen LogP contribution is 2.43. The lowest BCUT2D eigenvalue weighted by atomic mass is 9.77. The Morgan fingerprint density at radius 2 is 2.08 bits per heavy atom. The van der Waals surface area contributed by atoms with E-state index in [4.69, 9.17) is 0 Å². The third kappa shape index (κ3) is 5.46. The van der Waals surface area contributed by atoms with Gasteiger partial charge in [0, 0.05) is 49.9 Å². The van der Waals surface area contributed by atoms with Gasteiger partial charge in [-0.15, -0.1) is 0 Å². The average molecular weight is 538 g/mol. The van der Waals surface area contributed by atoms with Crippen LogP contribution >= 0.6 is 11.8 Å². The second kappa shape index (κ2) is 10.9. The van der Waals surface area contributed by atoms with Gasteiger partial charge in [-0.3, -0.25) is 14.6 Å². The van der Waals surface area contributed by atoms with Crippen molar-refractivity contribution in [2.24, 2.45) is 0 Å². The smallest absolute Gasteiger partial charge is 0.242 e. The minimum Gasteiger partial charge on any atom is -0.352 e. The number of carbonyl (C=O) groups is 2. The molecule has 1 atom stereocenters. The first-order chi connectivity index (χ1) is 17.6. The Balaban J connectivity index is 1.58. The van der Waals surface area contributed by atoms with Crippen LogP contribution in [0.1, 0.15) is 36.3 Å². The fourth-order valence-corrected chi connectivity index (χ4v) is 6.14. The van der Waals surface area contributed by atoms with E-state index in [1.54, 1.807) is 31.5 Å². The molecule has 1 aliphatic carbocycles. The Labute approximate surface area is 220 Å². The van der Waals surface area contributed by atoms with Crippen molar-refractivity contribution in [3.05, 3.63) is 75.7 Å². The van der Waals surface area contributed by atoms with E-state index in [0.717, 1.165) is 27.5 Å². The first-order valence-corrected chi connectivity index (χ1v) is 14.1. The Kier molecular flexibility index (Phi) is 7.82. The van der Waals surface area contributed by atoms with Crippen molar-refractivity contribution < 1.29 is 18.0 Å². The molecule has 0 unspecified atom stereocenters. The fraction of sp³-hybridized carbons (Fsp3) is 0.308. The van der Waals surface area contributed by atoms with Crippen molar-refractivity contribution in [1.29, 1.82) is 5.26 Å². The molecule has 0 radical (unpaired) electrons. The summed E-state index contributed by atoms with van der Waals surface area (Å²) >= 11 is 1.17. The molecule has 0 fully saturated rings. The number of ketones is 1. The fourth-order valence-electron chi connectivity index (χ4n) is 4.35. The number of carbonyl (C=O) groups excluding carboxylic acids is 2. The van der Waals surface area contributed by atoms with Crippen molar-refractivity contribution in [1.82, 2.24) is 14.6 Å². The molecule has 37 heavy (non-hydrogen) atoms. The van der Waals surface area contributed by atoms with E-state index >= 15 is 0 Å². The van der Waals surface area contributed by atoms with Crippen molar-refractivity contribution in [3.8, 4) is 6.07 Å². The summed E-state index contributed by atoms with van der Waals surface area (Å²) in [6.45, 7) is 1.78. The average Bonchev–Trinajstić information content (AvgIpc) is 2.88. The molecular weight excluding hydrogens is 510 g/mol. The highest BCUT2D eigenvalue weighted by atomic mass is 32.2. The third-order valence-electron chi connectivity index (χ3n) is 6.29. The number of amides is 1. The van der Waals surface area contributed by atoms with Crippen molar-refractivity contribution in [3.63, 3.8) is 0 Å². The van der Waals surface area contributed by atoms with Gasteiger partial charge in [0.2, 0.25) is 15.9 Å². The zero-order chi connectivity index (χ0) is 26.7. The van der Waals surface area contributed by atoms with Crippen LogP contribution in [0.4, 0.5) is 5.69 Å². The molecule has 0 spiro atoms. The van der Waals surface area contributed by atoms with Gasteiger partial charge in [-0.2, -0.15) is 5.26 Å². The highest BCUT2D eigenvalue weighted by Gasteiger charge is 2.37. The van der Waals surface area contributed by atoms with Crippen molar-refractivity contribution >= 4 is 39.2 Å². The van der Waals surface area contributed by atoms with Gasteiger partial charge in [0.1, 0.15) is 0 Å². The molecule has 192 valence electrons. The molecule has 1 aliphatic heterocycles. The van der Waals surface area contributed by atoms with Crippen LogP contribution in [0.3, 0.4) is 0 Å². The van der Waals surface area contributed by atoms with E-state index in [1.165, 1.54) is 38.0 Å². The van der Waals surface area contributed by atoms with Gasteiger partial charge in [-0.25, -0.2) is 12.7 Å². The third-order valence-corrected chi connectivity index (χ3v) is 9.12. The van der Waals surface area contributed by atoms with Crippen molar-refractivity contribution in [2.45, 2.75) is 37.0 Å². The summed E-state index contributed by atoms with van der Waals surface area (Å²) < 4.78 is 26.1. The van der Waals surface area contributed by atoms with Crippen LogP contribution in [0, 0.1) is 18.3 Å². The van der Waals surface area contributed by atoms with Gasteiger partial charge in [0.25, 0.3) is 0 Å². The Morgan fingerprint density at radius 1 is 1.30 bits per heavy atom. The number of thioether (sulfide) groups is 1. The van der Waals surface area contributed by atoms with Crippen LogP contribution in [-0.4, -0.2) is 49.2 Å². The number of rotatable bonds is 7. The maximum absolute atomic E-state index is 12.9. The molecule has 1 amide bonds. The lowest BCUT2D eigenvalue weighted by Gasteiger charge is -2.33. The number of pyridine rings is 1. The first kappa shape index (κ1) is 26.6. The molecule has 0 bridgehead atoms. The van der Waals surface area contributed by atoms with E-state index < -0.39 is 15.9 Å². The molecule has 4 rings (SSSR count). The van der Waals surface area contributed by atoms with E-state index in [0.29, 0.717) is 34.7 Å². The number of dihydropyridines is 1. The number of hydrogen-bond donors (Lipinski definition) is 2. The molecule has 9 nitrogen and oxygen atoms in total. The minimum absolute atomic E-state index is 0.0141. The number of Topliss-reactive ketones (excluding diaryl/α,β-unsaturated/α-hetero) is 1. The molecule has 2 N–H and O–H groups in total. The molecular formula is C26H27N5O4S2. The second-order valence-corrected chi connectivity index (χ2v) is 12.1. The largest absolute Gasteiger partial charge is 0.352 e. The number of nitrogens with one attached hydrogen (secondary N) is 2. The van der Waals surface area contributed by atoms with Crippen LogP contribution < -0.4 is 10.6 Å². The molecule has 11 heteroatoms. The number of benzene rings is 1. The monoisotopic (exact) mass is 537 g/mol. The summed E-state index contributed by atoms with van der Waals surface area (Å²) in [4.78, 5) is 30.0. The first-order valence-electron chi connectivity index (χ1n) is 11.7. The van der Waals surface area contributed by atoms with Gasteiger partial charge in [0.15, 0.2) is 5.78 Å². The topological polar surface area (TPSA) is 132 Å². The molecule has 0 saturated heterocycles. The summed E-state index contributed by atoms with van der Waals surface area (Å²) in [6, 6.07) is 10.5. The van der Waals surface area contributed by atoms with Crippen LogP contribution in [0.25, 0.3) is 0 Å². The number of sulfonamides is 1. The molecule has 1 aromatic heterocycles. The van der Waals surface area contributed by atoms with Crippen LogP contribution in [-0.2, 0) is 19.6 Å². The normalized spacial score (nSPS) is 17.8. The Bertz CT molecular complexity index is 1460. The predicted molar refractivity (Wildman–Crippen MR) is 142 cm³/mol. The number of aromatic nitrogens is 1. The van der Waals surface area contributed by atoms with Gasteiger partial charge in [-0.1, -0.05) is 23.9 Å². The number of nitriles is 1. The maximum Gasteiger partial charge on any atom is 0.242 e. The summed E-state index contributed by atoms with van der Waals surface area (Å²) in [5.41, 5.74) is 3.62. The molecule has 0 saturated carbocycles. The summed E-state index contributed by atoms with van der Waals surface area (Å²) in [5.74, 6) is -0.895. The van der Waals surface area contributed by atoms with Crippen molar-refractivity contribution in [2.75, 3.05) is 25.2 Å². The minimum atomic E-state index is -3.65. The van der Waals surface area contributed by atoms with Gasteiger partial charge in [0.05, 0.1) is 33.2 Å². The SMILES string of the molecule is Cc1ccc(S(=O)(=O)N(C)C)cc1NC(=O)CSC1=C(C#N)[C@@H](c2cccnc2)C2=C(CCCC2=O)N1. The molecule has 1 aromatic carbocycles. The predicted octanol–water partition coefficient (Wildman–Crippen LogP) is 3.44. The molecule has 2 heterocycles. The number of hydrogen-bond acceptors (Lipinski definition) is 8. The van der Waals surface area contributed by atoms with E-state index in [1.807, 2.05) is 6.07 Å². The second-order valence-electron chi connectivity index (χ2n) is 8.97. The summed E-state index contributed by atoms with van der Waals surface area (Å²) in [6.07, 6.45) is 5.13. The molecule has 2 aromatic rings. The van der Waals surface area contributed by atoms with Gasteiger partial charge >= 0.3 is 0 Å². The van der Waals surface area contributed by atoms with Gasteiger partial charge < -0.3 is 10.6 Å². The van der Waals surface area contributed by atoms with Crippen LogP contribution in [0.5, 0.6) is 0 Å². The number of nitrogens with zero attached hydrogens (tertiary/aromatic N) is 3. The van der Waals surface area contributed by atoms with Gasteiger partial charge in [-0.05, 0) is 49.1 Å². The maximum atomic E-state index is 12.9. The van der Waals surface area contributed by atoms with E-state index in [9.17, 15) is 23.3 Å². The van der Waals surface area contributed by atoms with E-state index in [2.05, 4.69) is 21.7 Å². The zero-order valence-corrected chi connectivity index (χ0v) is 22.4. The number of allylic oxidation sites excluding steroid dienone is 3. The zero-order valence-electron chi connectivity index (χ0n) is 20.7. The lowest BCUT2D eigenvalue weighted by molar-refractivity contribution is -0.116. The molecule has 2 aliphatic rings.